The second-order valence-corrected chi connectivity index (χ2v) is 1.17. The van der Waals surface area contributed by atoms with E-state index in [2.05, 4.69) is 29.1 Å². The first-order chi connectivity index (χ1) is 3.41. The van der Waals surface area contributed by atoms with Crippen LogP contribution in [0.3, 0.4) is 0 Å². The molecule has 0 spiro atoms. The minimum atomic E-state index is 0.882. The van der Waals surface area contributed by atoms with E-state index in [9.17, 15) is 0 Å². The number of hydrogen-bond donors (Lipinski definition) is 0. The van der Waals surface area contributed by atoms with Gasteiger partial charge >= 0.3 is 0 Å². The van der Waals surface area contributed by atoms with E-state index in [4.69, 9.17) is 0 Å². The van der Waals surface area contributed by atoms with Crippen molar-refractivity contribution in [2.45, 2.75) is 13.3 Å². The topological polar surface area (TPSA) is 0 Å². The highest BCUT2D eigenvalue weighted by Gasteiger charge is 1.53. The fraction of sp³-hybridized carbons (Fsp3) is 0.333. The minimum absolute atomic E-state index is 0.882. The van der Waals surface area contributed by atoms with Crippen molar-refractivity contribution in [2.24, 2.45) is 0 Å². The van der Waals surface area contributed by atoms with Crippen LogP contribution in [0.2, 0.25) is 0 Å². The van der Waals surface area contributed by atoms with Gasteiger partial charge in [0.15, 0.2) is 0 Å². The van der Waals surface area contributed by atoms with Gasteiger partial charge in [-0.1, -0.05) is 18.8 Å². The average molecular weight is 110 g/mol. The molecule has 0 heterocycles. The Balaban J connectivity index is 3.45. The molecule has 0 fully saturated rings. The molecule has 36 valence electrons. The first kappa shape index (κ1) is 6.43. The second kappa shape index (κ2) is 5.43. The van der Waals surface area contributed by atoms with Crippen molar-refractivity contribution in [1.29, 1.82) is 0 Å². The van der Waals surface area contributed by atoms with Crippen molar-refractivity contribution in [3.63, 3.8) is 0 Å². The van der Waals surface area contributed by atoms with Gasteiger partial charge in [0.2, 0.25) is 0 Å². The predicted octanol–water partition coefficient (Wildman–Crippen LogP) is 1.55. The summed E-state index contributed by atoms with van der Waals surface area (Å²) in [5.74, 6) is 5.51. The Morgan fingerprint density at radius 1 is 1.71 bits per heavy atom. The zero-order chi connectivity index (χ0) is 5.54. The molecule has 0 aliphatic rings. The molecule has 0 bridgehead atoms. The number of hydrogen-bond acceptors (Lipinski definition) is 1. The largest absolute Gasteiger partial charge is 0.0981 e. The third kappa shape index (κ3) is 5.43. The molecule has 0 aliphatic heterocycles. The lowest BCUT2D eigenvalue weighted by Gasteiger charge is -1.60. The molecule has 1 heteroatoms. The molecular formula is C6H6S. The quantitative estimate of drug-likeness (QED) is 0.337. The summed E-state index contributed by atoms with van der Waals surface area (Å²) in [6.07, 6.45) is 2.42. The molecule has 0 aromatic heterocycles. The minimum Gasteiger partial charge on any atom is -0.0981 e. The molecule has 0 aliphatic carbocycles. The lowest BCUT2D eigenvalue weighted by atomic mass is 10.5. The summed E-state index contributed by atoms with van der Waals surface area (Å²) in [4.78, 5) is 0. The van der Waals surface area contributed by atoms with Crippen LogP contribution < -0.4 is 0 Å². The van der Waals surface area contributed by atoms with Crippen molar-refractivity contribution in [1.82, 2.24) is 0 Å². The smallest absolute Gasteiger partial charge is 0.0417 e. The van der Waals surface area contributed by atoms with E-state index in [1.807, 2.05) is 6.92 Å². The Hall–Kier alpha value is -0.570. The Morgan fingerprint density at radius 2 is 2.43 bits per heavy atom. The van der Waals surface area contributed by atoms with E-state index in [0.717, 1.165) is 6.42 Å². The van der Waals surface area contributed by atoms with E-state index < -0.39 is 0 Å². The van der Waals surface area contributed by atoms with Gasteiger partial charge in [-0.05, 0) is 17.2 Å². The van der Waals surface area contributed by atoms with Crippen molar-refractivity contribution < 1.29 is 0 Å². The average Bonchev–Trinajstić information content (AvgIpc) is 1.69. The van der Waals surface area contributed by atoms with Crippen molar-refractivity contribution in [2.75, 3.05) is 0 Å². The lowest BCUT2D eigenvalue weighted by molar-refractivity contribution is 1.28. The van der Waals surface area contributed by atoms with Crippen LogP contribution in [0, 0.1) is 11.8 Å². The molecule has 0 nitrogen and oxygen atoms in total. The maximum absolute atomic E-state index is 4.36. The maximum Gasteiger partial charge on any atom is 0.0417 e. The molecule has 0 radical (unpaired) electrons. The first-order valence-electron chi connectivity index (χ1n) is 2.09. The molecular weight excluding hydrogens is 104 g/mol. The Labute approximate surface area is 49.2 Å². The molecule has 0 amide bonds. The van der Waals surface area contributed by atoms with Gasteiger partial charge in [0.25, 0.3) is 0 Å². The van der Waals surface area contributed by atoms with Crippen LogP contribution in [0.4, 0.5) is 0 Å². The summed E-state index contributed by atoms with van der Waals surface area (Å²) in [6.45, 7) is 1.99. The van der Waals surface area contributed by atoms with E-state index in [1.54, 1.807) is 6.08 Å². The summed E-state index contributed by atoms with van der Waals surface area (Å²) in [7, 11) is 0. The number of thiocarbonyl (C=S) groups is 1. The third-order valence-corrected chi connectivity index (χ3v) is 0.528. The fourth-order valence-corrected chi connectivity index (χ4v) is 0.241. The van der Waals surface area contributed by atoms with Crippen LogP contribution in [0.25, 0.3) is 0 Å². The Kier molecular flexibility index (Phi) is 4.99. The lowest BCUT2D eigenvalue weighted by Crippen LogP contribution is -1.50. The highest BCUT2D eigenvalue weighted by Crippen LogP contribution is 1.65. The van der Waals surface area contributed by atoms with Gasteiger partial charge in [0.1, 0.15) is 0 Å². The molecule has 0 rings (SSSR count). The van der Waals surface area contributed by atoms with Crippen LogP contribution in [0.1, 0.15) is 13.3 Å². The van der Waals surface area contributed by atoms with E-state index in [1.165, 1.54) is 0 Å². The monoisotopic (exact) mass is 110 g/mol. The standard InChI is InChI=1S/C6H6S/c1-2-3-4-5-6-7/h5H,2H2,1H3. The summed E-state index contributed by atoms with van der Waals surface area (Å²) in [5.41, 5.74) is 0. The summed E-state index contributed by atoms with van der Waals surface area (Å²) in [6, 6.07) is 0. The Bertz CT molecular complexity index is 130. The molecule has 0 aromatic rings. The van der Waals surface area contributed by atoms with Gasteiger partial charge in [-0.15, -0.1) is 0 Å². The second-order valence-electron chi connectivity index (χ2n) is 0.937. The summed E-state index contributed by atoms with van der Waals surface area (Å²) in [5, 5.41) is 2.39. The van der Waals surface area contributed by atoms with Gasteiger partial charge in [-0.3, -0.25) is 0 Å². The zero-order valence-electron chi connectivity index (χ0n) is 4.19. The number of rotatable bonds is 0. The third-order valence-electron chi connectivity index (χ3n) is 0.410. The van der Waals surface area contributed by atoms with Crippen molar-refractivity contribution in [3.8, 4) is 11.8 Å². The molecule has 0 N–H and O–H groups in total. The molecule has 7 heavy (non-hydrogen) atoms. The zero-order valence-corrected chi connectivity index (χ0v) is 5.01. The predicted molar refractivity (Wildman–Crippen MR) is 35.2 cm³/mol. The molecule has 0 aromatic carbocycles. The van der Waals surface area contributed by atoms with E-state index in [-0.39, 0.29) is 0 Å². The van der Waals surface area contributed by atoms with Gasteiger partial charge in [0.05, 0.1) is 0 Å². The molecule has 0 saturated carbocycles. The summed E-state index contributed by atoms with van der Waals surface area (Å²) < 4.78 is 0. The van der Waals surface area contributed by atoms with Crippen molar-refractivity contribution in [3.05, 3.63) is 6.08 Å². The van der Waals surface area contributed by atoms with Crippen LogP contribution in [-0.4, -0.2) is 5.02 Å². The van der Waals surface area contributed by atoms with Crippen LogP contribution in [-0.2, 0) is 0 Å². The van der Waals surface area contributed by atoms with E-state index >= 15 is 0 Å². The van der Waals surface area contributed by atoms with Crippen LogP contribution >= 0.6 is 12.2 Å². The molecule has 0 saturated heterocycles. The first-order valence-corrected chi connectivity index (χ1v) is 2.50. The Morgan fingerprint density at radius 3 is 2.86 bits per heavy atom. The maximum atomic E-state index is 4.36. The highest BCUT2D eigenvalue weighted by atomic mass is 32.1. The van der Waals surface area contributed by atoms with Gasteiger partial charge in [-0.25, -0.2) is 0 Å². The molecule has 0 unspecified atom stereocenters. The van der Waals surface area contributed by atoms with E-state index in [0.29, 0.717) is 0 Å². The number of allylic oxidation sites excluding steroid dienone is 1. The van der Waals surface area contributed by atoms with Gasteiger partial charge < -0.3 is 0 Å². The van der Waals surface area contributed by atoms with Crippen molar-refractivity contribution >= 4 is 17.2 Å². The highest BCUT2D eigenvalue weighted by molar-refractivity contribution is 7.78. The van der Waals surface area contributed by atoms with Crippen LogP contribution in [0.5, 0.6) is 0 Å². The molecule has 0 atom stereocenters. The normalized spacial score (nSPS) is 5.29. The SMILES string of the molecule is CCC#CC=C=S. The van der Waals surface area contributed by atoms with Crippen LogP contribution in [0.15, 0.2) is 6.08 Å². The van der Waals surface area contributed by atoms with Gasteiger partial charge in [-0.2, -0.15) is 0 Å². The fourth-order valence-electron chi connectivity index (χ4n) is 0.183. The summed E-state index contributed by atoms with van der Waals surface area (Å²) >= 11 is 4.36. The van der Waals surface area contributed by atoms with Gasteiger partial charge in [0, 0.05) is 12.5 Å².